The largest absolute Gasteiger partial charge is 0.358 e. The van der Waals surface area contributed by atoms with E-state index in [9.17, 15) is 9.59 Å². The highest BCUT2D eigenvalue weighted by Crippen LogP contribution is 2.35. The van der Waals surface area contributed by atoms with Gasteiger partial charge in [-0.1, -0.05) is 30.3 Å². The van der Waals surface area contributed by atoms with Crippen LogP contribution in [0.5, 0.6) is 0 Å². The lowest BCUT2D eigenvalue weighted by atomic mass is 9.90. The number of nitrogens with one attached hydrogen (secondary N) is 3. The van der Waals surface area contributed by atoms with Gasteiger partial charge in [-0.2, -0.15) is 5.21 Å². The Morgan fingerprint density at radius 1 is 1.13 bits per heavy atom. The molecule has 0 fully saturated rings. The molecule has 0 radical (unpaired) electrons. The Kier molecular flexibility index (Phi) is 4.83. The maximum atomic E-state index is 12.8. The summed E-state index contributed by atoms with van der Waals surface area (Å²) in [6.07, 6.45) is 4.51. The minimum atomic E-state index is -0.510. The van der Waals surface area contributed by atoms with Crippen LogP contribution in [0.2, 0.25) is 0 Å². The van der Waals surface area contributed by atoms with E-state index in [-0.39, 0.29) is 11.6 Å². The van der Waals surface area contributed by atoms with Gasteiger partial charge in [0, 0.05) is 35.9 Å². The van der Waals surface area contributed by atoms with Crippen LogP contribution in [0.4, 0.5) is 5.82 Å². The molecular formula is C22H19N7O2. The second-order valence-electron chi connectivity index (χ2n) is 7.39. The summed E-state index contributed by atoms with van der Waals surface area (Å²) in [7, 11) is 0. The van der Waals surface area contributed by atoms with E-state index in [0.29, 0.717) is 18.7 Å². The Hall–Kier alpha value is -4.14. The van der Waals surface area contributed by atoms with Gasteiger partial charge in [-0.05, 0) is 41.3 Å². The lowest BCUT2D eigenvalue weighted by molar-refractivity contribution is 0.0970. The third-order valence-corrected chi connectivity index (χ3v) is 5.35. The van der Waals surface area contributed by atoms with Crippen LogP contribution in [0.1, 0.15) is 50.6 Å². The molecule has 4 aromatic rings. The van der Waals surface area contributed by atoms with Gasteiger partial charge in [0.25, 0.3) is 11.7 Å². The zero-order valence-corrected chi connectivity index (χ0v) is 16.6. The van der Waals surface area contributed by atoms with Gasteiger partial charge in [0.2, 0.25) is 0 Å². The number of benzene rings is 1. The standard InChI is InChI=1S/C22H19N7O2/c30-17-8-4-7-16-19(17)15(11-13-5-2-1-3-6-13)20(24-16)14-9-10-23-18(12-14)25-22(31)21-26-28-29-27-21/h1-3,5-6,9-10,12,24H,4,7-8,11H2,(H,23,25,31)(H,26,27,28,29). The highest BCUT2D eigenvalue weighted by Gasteiger charge is 2.26. The summed E-state index contributed by atoms with van der Waals surface area (Å²) in [5.41, 5.74) is 5.61. The van der Waals surface area contributed by atoms with Crippen molar-refractivity contribution in [2.45, 2.75) is 25.7 Å². The molecule has 0 saturated heterocycles. The number of Topliss-reactive ketones (excluding diaryl/α,β-unsaturated/α-hetero) is 1. The van der Waals surface area contributed by atoms with Gasteiger partial charge in [0.1, 0.15) is 5.82 Å². The summed E-state index contributed by atoms with van der Waals surface area (Å²) in [5, 5.41) is 15.7. The van der Waals surface area contributed by atoms with E-state index in [2.05, 4.69) is 48.0 Å². The number of pyridine rings is 1. The summed E-state index contributed by atoms with van der Waals surface area (Å²) in [4.78, 5) is 32.7. The monoisotopic (exact) mass is 413 g/mol. The molecule has 5 rings (SSSR count). The number of H-pyrrole nitrogens is 2. The molecule has 1 amide bonds. The fraction of sp³-hybridized carbons (Fsp3) is 0.182. The summed E-state index contributed by atoms with van der Waals surface area (Å²) in [6, 6.07) is 13.7. The van der Waals surface area contributed by atoms with Crippen molar-refractivity contribution in [2.24, 2.45) is 0 Å². The first-order valence-corrected chi connectivity index (χ1v) is 10.0. The van der Waals surface area contributed by atoms with Gasteiger partial charge in [0.05, 0.1) is 5.69 Å². The molecule has 154 valence electrons. The topological polar surface area (TPSA) is 129 Å². The Bertz CT molecular complexity index is 1250. The van der Waals surface area contributed by atoms with E-state index >= 15 is 0 Å². The molecule has 0 aliphatic heterocycles. The van der Waals surface area contributed by atoms with Crippen LogP contribution in [0.25, 0.3) is 11.3 Å². The average molecular weight is 413 g/mol. The predicted molar refractivity (Wildman–Crippen MR) is 113 cm³/mol. The van der Waals surface area contributed by atoms with Crippen LogP contribution in [0.3, 0.4) is 0 Å². The lowest BCUT2D eigenvalue weighted by Gasteiger charge is -2.12. The van der Waals surface area contributed by atoms with Crippen molar-refractivity contribution in [3.8, 4) is 11.3 Å². The van der Waals surface area contributed by atoms with E-state index in [4.69, 9.17) is 0 Å². The first kappa shape index (κ1) is 18.9. The number of aromatic nitrogens is 6. The fourth-order valence-electron chi connectivity index (χ4n) is 3.98. The Labute approximate surface area is 177 Å². The number of aromatic amines is 2. The van der Waals surface area contributed by atoms with Crippen LogP contribution < -0.4 is 5.32 Å². The van der Waals surface area contributed by atoms with Crippen LogP contribution in [0, 0.1) is 0 Å². The van der Waals surface area contributed by atoms with Gasteiger partial charge in [-0.15, -0.1) is 10.2 Å². The van der Waals surface area contributed by atoms with Gasteiger partial charge in [0.15, 0.2) is 5.78 Å². The maximum Gasteiger partial charge on any atom is 0.298 e. The zero-order valence-electron chi connectivity index (χ0n) is 16.6. The van der Waals surface area contributed by atoms with Gasteiger partial charge >= 0.3 is 0 Å². The number of carbonyl (C=O) groups is 2. The average Bonchev–Trinajstić information content (AvgIpc) is 3.44. The lowest BCUT2D eigenvalue weighted by Crippen LogP contribution is -2.14. The van der Waals surface area contributed by atoms with E-state index < -0.39 is 5.91 Å². The molecule has 0 unspecified atom stereocenters. The van der Waals surface area contributed by atoms with Crippen molar-refractivity contribution in [2.75, 3.05) is 5.32 Å². The van der Waals surface area contributed by atoms with Gasteiger partial charge in [-0.3, -0.25) is 9.59 Å². The fourth-order valence-corrected chi connectivity index (χ4v) is 3.98. The smallest absolute Gasteiger partial charge is 0.298 e. The summed E-state index contributed by atoms with van der Waals surface area (Å²) in [5.74, 6) is -0.0481. The second-order valence-corrected chi connectivity index (χ2v) is 7.39. The van der Waals surface area contributed by atoms with E-state index in [1.54, 1.807) is 12.3 Å². The third kappa shape index (κ3) is 3.73. The van der Waals surface area contributed by atoms with Crippen molar-refractivity contribution in [1.82, 2.24) is 30.6 Å². The van der Waals surface area contributed by atoms with Gasteiger partial charge in [-0.25, -0.2) is 4.98 Å². The second kappa shape index (κ2) is 7.94. The van der Waals surface area contributed by atoms with Crippen molar-refractivity contribution in [3.05, 3.63) is 76.9 Å². The number of nitrogens with zero attached hydrogens (tertiary/aromatic N) is 4. The number of anilines is 1. The highest BCUT2D eigenvalue weighted by atomic mass is 16.2. The Morgan fingerprint density at radius 3 is 2.81 bits per heavy atom. The minimum Gasteiger partial charge on any atom is -0.358 e. The number of fused-ring (bicyclic) bond motifs is 1. The molecule has 3 N–H and O–H groups in total. The molecular weight excluding hydrogens is 394 g/mol. The molecule has 3 heterocycles. The number of hydrogen-bond acceptors (Lipinski definition) is 6. The molecule has 9 nitrogen and oxygen atoms in total. The zero-order chi connectivity index (χ0) is 21.2. The molecule has 3 aromatic heterocycles. The van der Waals surface area contributed by atoms with Crippen molar-refractivity contribution in [3.63, 3.8) is 0 Å². The number of carbonyl (C=O) groups excluding carboxylic acids is 2. The predicted octanol–water partition coefficient (Wildman–Crippen LogP) is 2.95. The Morgan fingerprint density at radius 2 is 2.00 bits per heavy atom. The molecule has 0 bridgehead atoms. The van der Waals surface area contributed by atoms with Crippen LogP contribution in [-0.2, 0) is 12.8 Å². The normalized spacial score (nSPS) is 13.1. The number of tetrazole rings is 1. The first-order chi connectivity index (χ1) is 15.2. The molecule has 0 saturated carbocycles. The van der Waals surface area contributed by atoms with Gasteiger partial charge < -0.3 is 10.3 Å². The summed E-state index contributed by atoms with van der Waals surface area (Å²) < 4.78 is 0. The number of hydrogen-bond donors (Lipinski definition) is 3. The Balaban J connectivity index is 1.54. The molecule has 9 heteroatoms. The third-order valence-electron chi connectivity index (χ3n) is 5.35. The van der Waals surface area contributed by atoms with Crippen LogP contribution >= 0.6 is 0 Å². The first-order valence-electron chi connectivity index (χ1n) is 10.0. The van der Waals surface area contributed by atoms with E-state index in [0.717, 1.165) is 46.5 Å². The number of amides is 1. The van der Waals surface area contributed by atoms with Crippen LogP contribution in [-0.4, -0.2) is 42.3 Å². The SMILES string of the molecule is O=C(Nc1cc(-c2[nH]c3c(c2Cc2ccccc2)C(=O)CCC3)ccn1)c1nn[nH]n1. The van der Waals surface area contributed by atoms with E-state index in [1.807, 2.05) is 24.3 Å². The minimum absolute atomic E-state index is 0.0714. The summed E-state index contributed by atoms with van der Waals surface area (Å²) >= 11 is 0. The van der Waals surface area contributed by atoms with Crippen molar-refractivity contribution < 1.29 is 9.59 Å². The highest BCUT2D eigenvalue weighted by molar-refractivity contribution is 6.02. The van der Waals surface area contributed by atoms with Crippen molar-refractivity contribution >= 4 is 17.5 Å². The molecule has 1 aromatic carbocycles. The molecule has 1 aliphatic carbocycles. The molecule has 0 atom stereocenters. The number of rotatable bonds is 5. The van der Waals surface area contributed by atoms with Crippen LogP contribution in [0.15, 0.2) is 48.7 Å². The quantitative estimate of drug-likeness (QED) is 0.461. The summed E-state index contributed by atoms with van der Waals surface area (Å²) in [6.45, 7) is 0. The van der Waals surface area contributed by atoms with E-state index in [1.165, 1.54) is 0 Å². The molecule has 0 spiro atoms. The molecule has 31 heavy (non-hydrogen) atoms. The molecule has 1 aliphatic rings. The number of aryl methyl sites for hydroxylation is 1. The number of ketones is 1. The maximum absolute atomic E-state index is 12.8. The van der Waals surface area contributed by atoms with Crippen molar-refractivity contribution in [1.29, 1.82) is 0 Å².